The van der Waals surface area contributed by atoms with E-state index in [1.165, 1.54) is 32.1 Å². The average Bonchev–Trinajstić information content (AvgIpc) is 2.40. The number of rotatable bonds is 3. The molecule has 17 heavy (non-hydrogen) atoms. The van der Waals surface area contributed by atoms with Gasteiger partial charge in [-0.1, -0.05) is 68.4 Å². The second-order valence-corrected chi connectivity index (χ2v) is 5.04. The zero-order chi connectivity index (χ0) is 12.1. The molecule has 1 aromatic carbocycles. The molecule has 1 N–H and O–H groups in total. The summed E-state index contributed by atoms with van der Waals surface area (Å²) in [5.41, 5.74) is 2.24. The Morgan fingerprint density at radius 1 is 1.18 bits per heavy atom. The van der Waals surface area contributed by atoms with Crippen LogP contribution in [0.2, 0.25) is 0 Å². The van der Waals surface area contributed by atoms with E-state index in [0.717, 1.165) is 16.1 Å². The molecular weight excluding hydrogens is 226 g/mol. The van der Waals surface area contributed by atoms with Gasteiger partial charge in [0, 0.05) is 11.6 Å². The highest BCUT2D eigenvalue weighted by atomic mass is 32.1. The molecule has 0 unspecified atom stereocenters. The van der Waals surface area contributed by atoms with E-state index in [1.807, 2.05) is 6.08 Å². The molecule has 0 aromatic heterocycles. The van der Waals surface area contributed by atoms with E-state index < -0.39 is 0 Å². The Labute approximate surface area is 109 Å². The lowest BCUT2D eigenvalue weighted by Gasteiger charge is -2.24. The van der Waals surface area contributed by atoms with Crippen LogP contribution in [0.3, 0.4) is 0 Å². The van der Waals surface area contributed by atoms with Gasteiger partial charge in [0.25, 0.3) is 0 Å². The summed E-state index contributed by atoms with van der Waals surface area (Å²) in [5.74, 6) is 0. The van der Waals surface area contributed by atoms with Gasteiger partial charge in [0.15, 0.2) is 0 Å². The number of hydrogen-bond acceptors (Lipinski definition) is 1. The van der Waals surface area contributed by atoms with Gasteiger partial charge in [-0.2, -0.15) is 0 Å². The molecule has 90 valence electrons. The number of hydrogen-bond donors (Lipinski definition) is 1. The lowest BCUT2D eigenvalue weighted by molar-refractivity contribution is 0.415. The van der Waals surface area contributed by atoms with E-state index in [1.54, 1.807) is 0 Å². The summed E-state index contributed by atoms with van der Waals surface area (Å²) < 4.78 is 0. The highest BCUT2D eigenvalue weighted by Gasteiger charge is 2.14. The minimum absolute atomic E-state index is 0.579. The quantitative estimate of drug-likeness (QED) is 0.810. The van der Waals surface area contributed by atoms with E-state index >= 15 is 0 Å². The maximum Gasteiger partial charge on any atom is 0.106 e. The summed E-state index contributed by atoms with van der Waals surface area (Å²) in [6.45, 7) is 3.75. The van der Waals surface area contributed by atoms with E-state index in [0.29, 0.717) is 6.04 Å². The van der Waals surface area contributed by atoms with Gasteiger partial charge in [-0.25, -0.2) is 0 Å². The molecule has 0 amide bonds. The van der Waals surface area contributed by atoms with Crippen LogP contribution in [0.25, 0.3) is 6.08 Å². The van der Waals surface area contributed by atoms with Gasteiger partial charge in [0.1, 0.15) is 4.99 Å². The van der Waals surface area contributed by atoms with E-state index in [-0.39, 0.29) is 0 Å². The Morgan fingerprint density at radius 2 is 1.82 bits per heavy atom. The molecule has 1 nitrogen and oxygen atoms in total. The number of benzene rings is 1. The summed E-state index contributed by atoms with van der Waals surface area (Å²) in [6.07, 6.45) is 8.39. The van der Waals surface area contributed by atoms with Crippen LogP contribution in [0.15, 0.2) is 30.8 Å². The summed E-state index contributed by atoms with van der Waals surface area (Å²) >= 11 is 5.44. The third kappa shape index (κ3) is 3.40. The van der Waals surface area contributed by atoms with Crippen molar-refractivity contribution in [1.82, 2.24) is 5.32 Å². The Hall–Kier alpha value is -1.15. The lowest BCUT2D eigenvalue weighted by Crippen LogP contribution is -2.35. The van der Waals surface area contributed by atoms with Gasteiger partial charge in [-0.05, 0) is 18.4 Å². The van der Waals surface area contributed by atoms with Crippen LogP contribution in [-0.2, 0) is 0 Å². The highest BCUT2D eigenvalue weighted by Crippen LogP contribution is 2.18. The molecule has 2 rings (SSSR count). The van der Waals surface area contributed by atoms with Crippen molar-refractivity contribution in [1.29, 1.82) is 0 Å². The predicted octanol–water partition coefficient (Wildman–Crippen LogP) is 3.93. The summed E-state index contributed by atoms with van der Waals surface area (Å²) in [7, 11) is 0. The van der Waals surface area contributed by atoms with Crippen LogP contribution in [0.1, 0.15) is 43.2 Å². The normalized spacial score (nSPS) is 16.5. The third-order valence-electron chi connectivity index (χ3n) is 3.35. The second kappa shape index (κ2) is 5.97. The second-order valence-electron chi connectivity index (χ2n) is 4.63. The predicted molar refractivity (Wildman–Crippen MR) is 78.2 cm³/mol. The van der Waals surface area contributed by atoms with Crippen molar-refractivity contribution in [2.24, 2.45) is 0 Å². The molecule has 2 heteroatoms. The maximum atomic E-state index is 5.44. The third-order valence-corrected chi connectivity index (χ3v) is 3.70. The molecule has 1 fully saturated rings. The van der Waals surface area contributed by atoms with Crippen molar-refractivity contribution in [3.05, 3.63) is 42.0 Å². The Balaban J connectivity index is 1.95. The first-order valence-corrected chi connectivity index (χ1v) is 6.74. The molecule has 1 aliphatic rings. The Bertz CT molecular complexity index is 388. The molecule has 1 aliphatic carbocycles. The Kier molecular flexibility index (Phi) is 4.32. The standard InChI is InChI=1S/C15H19NS/c1-2-12-8-10-13(11-9-12)15(17)16-14-6-4-3-5-7-14/h2,8-11,14H,1,3-7H2,(H,16,17). The van der Waals surface area contributed by atoms with Crippen LogP contribution in [0.5, 0.6) is 0 Å². The van der Waals surface area contributed by atoms with Gasteiger partial charge in [0.2, 0.25) is 0 Å². The SMILES string of the molecule is C=Cc1ccc(C(=S)NC2CCCCC2)cc1. The van der Waals surface area contributed by atoms with Crippen molar-refractivity contribution in [2.75, 3.05) is 0 Å². The smallest absolute Gasteiger partial charge is 0.106 e. The van der Waals surface area contributed by atoms with Crippen LogP contribution in [0.4, 0.5) is 0 Å². The number of nitrogens with one attached hydrogen (secondary N) is 1. The highest BCUT2D eigenvalue weighted by molar-refractivity contribution is 7.80. The number of thiocarbonyl (C=S) groups is 1. The van der Waals surface area contributed by atoms with E-state index in [9.17, 15) is 0 Å². The molecule has 1 aromatic rings. The topological polar surface area (TPSA) is 12.0 Å². The van der Waals surface area contributed by atoms with Crippen molar-refractivity contribution in [2.45, 2.75) is 38.1 Å². The van der Waals surface area contributed by atoms with Crippen molar-refractivity contribution in [3.8, 4) is 0 Å². The first-order chi connectivity index (χ1) is 8.29. The Morgan fingerprint density at radius 3 is 2.41 bits per heavy atom. The minimum atomic E-state index is 0.579. The molecule has 0 atom stereocenters. The summed E-state index contributed by atoms with van der Waals surface area (Å²) in [5, 5.41) is 3.48. The fourth-order valence-electron chi connectivity index (χ4n) is 2.29. The molecule has 0 spiro atoms. The van der Waals surface area contributed by atoms with Crippen molar-refractivity contribution in [3.63, 3.8) is 0 Å². The van der Waals surface area contributed by atoms with E-state index in [4.69, 9.17) is 12.2 Å². The van der Waals surface area contributed by atoms with Crippen molar-refractivity contribution >= 4 is 23.3 Å². The molecular formula is C15H19NS. The fraction of sp³-hybridized carbons (Fsp3) is 0.400. The van der Waals surface area contributed by atoms with Gasteiger partial charge in [-0.15, -0.1) is 0 Å². The molecule has 0 saturated heterocycles. The molecule has 0 radical (unpaired) electrons. The molecule has 0 heterocycles. The zero-order valence-electron chi connectivity index (χ0n) is 10.1. The van der Waals surface area contributed by atoms with Gasteiger partial charge in [-0.3, -0.25) is 0 Å². The summed E-state index contributed by atoms with van der Waals surface area (Å²) in [4.78, 5) is 0.882. The average molecular weight is 245 g/mol. The minimum Gasteiger partial charge on any atom is -0.373 e. The van der Waals surface area contributed by atoms with Crippen molar-refractivity contribution < 1.29 is 0 Å². The largest absolute Gasteiger partial charge is 0.373 e. The molecule has 0 aliphatic heterocycles. The van der Waals surface area contributed by atoms with Crippen LogP contribution >= 0.6 is 12.2 Å². The lowest BCUT2D eigenvalue weighted by atomic mass is 9.95. The maximum absolute atomic E-state index is 5.44. The van der Waals surface area contributed by atoms with E-state index in [2.05, 4.69) is 36.2 Å². The first kappa shape index (κ1) is 12.3. The first-order valence-electron chi connectivity index (χ1n) is 6.33. The molecule has 0 bridgehead atoms. The van der Waals surface area contributed by atoms with Crippen LogP contribution < -0.4 is 5.32 Å². The van der Waals surface area contributed by atoms with Gasteiger partial charge >= 0.3 is 0 Å². The monoisotopic (exact) mass is 245 g/mol. The zero-order valence-corrected chi connectivity index (χ0v) is 10.9. The van der Waals surface area contributed by atoms with Gasteiger partial charge in [0.05, 0.1) is 0 Å². The molecule has 1 saturated carbocycles. The van der Waals surface area contributed by atoms with Gasteiger partial charge < -0.3 is 5.32 Å². The fourth-order valence-corrected chi connectivity index (χ4v) is 2.59. The summed E-state index contributed by atoms with van der Waals surface area (Å²) in [6, 6.07) is 8.81. The van der Waals surface area contributed by atoms with Crippen LogP contribution in [-0.4, -0.2) is 11.0 Å². The van der Waals surface area contributed by atoms with Crippen LogP contribution in [0, 0.1) is 0 Å².